The summed E-state index contributed by atoms with van der Waals surface area (Å²) in [5.74, 6) is 0.991. The van der Waals surface area contributed by atoms with Crippen LogP contribution in [0.2, 0.25) is 0 Å². The van der Waals surface area contributed by atoms with Crippen LogP contribution in [0.3, 0.4) is 0 Å². The van der Waals surface area contributed by atoms with Crippen molar-refractivity contribution in [3.8, 4) is 0 Å². The molecular formula is C9H14N4O. The minimum atomic E-state index is -0.141. The zero-order valence-electron chi connectivity index (χ0n) is 8.83. The maximum absolute atomic E-state index is 11.5. The monoisotopic (exact) mass is 194 g/mol. The van der Waals surface area contributed by atoms with Gasteiger partial charge in [0.2, 0.25) is 5.91 Å². The highest BCUT2D eigenvalue weighted by atomic mass is 16.2. The maximum atomic E-state index is 11.5. The maximum Gasteiger partial charge on any atom is 0.246 e. The molecule has 2 heterocycles. The van der Waals surface area contributed by atoms with E-state index < -0.39 is 0 Å². The van der Waals surface area contributed by atoms with Crippen LogP contribution >= 0.6 is 0 Å². The van der Waals surface area contributed by atoms with Gasteiger partial charge in [-0.2, -0.15) is 5.10 Å². The fraction of sp³-hybridized carbons (Fsp3) is 0.556. The second-order valence-electron chi connectivity index (χ2n) is 3.68. The van der Waals surface area contributed by atoms with E-state index in [2.05, 4.69) is 10.4 Å². The van der Waals surface area contributed by atoms with Crippen molar-refractivity contribution >= 4 is 17.4 Å². The molecular weight excluding hydrogens is 180 g/mol. The zero-order chi connectivity index (χ0) is 10.5. The van der Waals surface area contributed by atoms with Gasteiger partial charge in [0, 0.05) is 14.1 Å². The van der Waals surface area contributed by atoms with E-state index in [0.29, 0.717) is 0 Å². The molecule has 1 amide bonds. The Bertz CT molecular complexity index is 396. The van der Waals surface area contributed by atoms with Gasteiger partial charge in [0.15, 0.2) is 5.82 Å². The van der Waals surface area contributed by atoms with E-state index in [1.54, 1.807) is 4.68 Å². The highest BCUT2D eigenvalue weighted by molar-refractivity contribution is 6.03. The Morgan fingerprint density at radius 1 is 1.43 bits per heavy atom. The van der Waals surface area contributed by atoms with Crippen molar-refractivity contribution in [3.05, 3.63) is 5.69 Å². The van der Waals surface area contributed by atoms with Crippen LogP contribution in [0, 0.1) is 6.92 Å². The molecule has 2 rings (SSSR count). The van der Waals surface area contributed by atoms with Gasteiger partial charge in [-0.05, 0) is 13.8 Å². The number of aryl methyl sites for hydroxylation is 2. The third-order valence-corrected chi connectivity index (χ3v) is 2.73. The predicted octanol–water partition coefficient (Wildman–Crippen LogP) is 0.505. The number of nitrogens with one attached hydrogen (secondary N) is 1. The van der Waals surface area contributed by atoms with Crippen molar-refractivity contribution in [2.75, 3.05) is 17.3 Å². The van der Waals surface area contributed by atoms with E-state index >= 15 is 0 Å². The fourth-order valence-corrected chi connectivity index (χ4v) is 1.78. The zero-order valence-corrected chi connectivity index (χ0v) is 8.83. The van der Waals surface area contributed by atoms with E-state index in [0.717, 1.165) is 17.2 Å². The Labute approximate surface area is 82.7 Å². The molecule has 1 unspecified atom stereocenters. The van der Waals surface area contributed by atoms with Crippen molar-refractivity contribution < 1.29 is 4.79 Å². The lowest BCUT2D eigenvalue weighted by Gasteiger charge is -2.31. The molecule has 0 saturated carbocycles. The lowest BCUT2D eigenvalue weighted by molar-refractivity contribution is -0.117. The fourth-order valence-electron chi connectivity index (χ4n) is 1.78. The van der Waals surface area contributed by atoms with Crippen LogP contribution in [0.25, 0.3) is 0 Å². The van der Waals surface area contributed by atoms with E-state index in [9.17, 15) is 4.79 Å². The molecule has 1 aliphatic rings. The van der Waals surface area contributed by atoms with Crippen molar-refractivity contribution in [2.45, 2.75) is 19.9 Å². The van der Waals surface area contributed by atoms with Crippen LogP contribution in [0.1, 0.15) is 12.6 Å². The minimum Gasteiger partial charge on any atom is -0.346 e. The highest BCUT2D eigenvalue weighted by Gasteiger charge is 2.31. The molecule has 0 aliphatic carbocycles. The summed E-state index contributed by atoms with van der Waals surface area (Å²) in [5.41, 5.74) is 1.69. The molecule has 1 atom stereocenters. The van der Waals surface area contributed by atoms with Crippen LogP contribution in [0.4, 0.5) is 11.5 Å². The first-order valence-corrected chi connectivity index (χ1v) is 4.59. The smallest absolute Gasteiger partial charge is 0.246 e. The molecule has 0 spiro atoms. The van der Waals surface area contributed by atoms with Gasteiger partial charge in [-0.3, -0.25) is 9.48 Å². The second kappa shape index (κ2) is 2.73. The molecule has 0 bridgehead atoms. The van der Waals surface area contributed by atoms with Crippen molar-refractivity contribution in [2.24, 2.45) is 7.05 Å². The number of aromatic nitrogens is 2. The van der Waals surface area contributed by atoms with Crippen LogP contribution in [0.15, 0.2) is 0 Å². The molecule has 5 nitrogen and oxygen atoms in total. The summed E-state index contributed by atoms with van der Waals surface area (Å²) in [5, 5.41) is 7.14. The van der Waals surface area contributed by atoms with Gasteiger partial charge >= 0.3 is 0 Å². The van der Waals surface area contributed by atoms with E-state index in [-0.39, 0.29) is 11.9 Å². The summed E-state index contributed by atoms with van der Waals surface area (Å²) in [6, 6.07) is -0.141. The predicted molar refractivity (Wildman–Crippen MR) is 54.4 cm³/mol. The molecule has 0 aromatic carbocycles. The molecule has 0 fully saturated rings. The average molecular weight is 194 g/mol. The summed E-state index contributed by atoms with van der Waals surface area (Å²) < 4.78 is 1.79. The van der Waals surface area contributed by atoms with E-state index in [1.165, 1.54) is 0 Å². The summed E-state index contributed by atoms with van der Waals surface area (Å²) >= 11 is 0. The first-order valence-electron chi connectivity index (χ1n) is 4.59. The molecule has 0 saturated heterocycles. The van der Waals surface area contributed by atoms with Gasteiger partial charge in [0.1, 0.15) is 11.7 Å². The average Bonchev–Trinajstić information content (AvgIpc) is 2.38. The molecule has 76 valence electrons. The molecule has 14 heavy (non-hydrogen) atoms. The molecule has 1 aromatic rings. The largest absolute Gasteiger partial charge is 0.346 e. The standard InChI is InChI=1S/C9H14N4O/c1-5-7-9(13(4)11-5)12(3)6(2)8(14)10-7/h6H,1-4H3,(H,10,14). The van der Waals surface area contributed by atoms with E-state index in [1.807, 2.05) is 32.8 Å². The van der Waals surface area contributed by atoms with Crippen molar-refractivity contribution in [3.63, 3.8) is 0 Å². The van der Waals surface area contributed by atoms with Crippen LogP contribution < -0.4 is 10.2 Å². The Morgan fingerprint density at radius 3 is 2.71 bits per heavy atom. The van der Waals surface area contributed by atoms with Gasteiger partial charge < -0.3 is 10.2 Å². The number of hydrogen-bond donors (Lipinski definition) is 1. The summed E-state index contributed by atoms with van der Waals surface area (Å²) in [7, 11) is 3.79. The number of amides is 1. The van der Waals surface area contributed by atoms with Crippen LogP contribution in [-0.2, 0) is 11.8 Å². The first-order chi connectivity index (χ1) is 6.52. The SMILES string of the molecule is Cc1nn(C)c2c1NC(=O)C(C)N2C. The lowest BCUT2D eigenvalue weighted by atomic mass is 10.2. The van der Waals surface area contributed by atoms with Gasteiger partial charge in [0.25, 0.3) is 0 Å². The third-order valence-electron chi connectivity index (χ3n) is 2.73. The number of nitrogens with zero attached hydrogens (tertiary/aromatic N) is 3. The van der Waals surface area contributed by atoms with Gasteiger partial charge in [-0.1, -0.05) is 0 Å². The highest BCUT2D eigenvalue weighted by Crippen LogP contribution is 2.32. The first kappa shape index (κ1) is 9.05. The number of rotatable bonds is 0. The molecule has 0 radical (unpaired) electrons. The summed E-state index contributed by atoms with van der Waals surface area (Å²) in [6.45, 7) is 3.77. The van der Waals surface area contributed by atoms with Crippen LogP contribution in [-0.4, -0.2) is 28.8 Å². The van der Waals surface area contributed by atoms with Crippen LogP contribution in [0.5, 0.6) is 0 Å². The quantitative estimate of drug-likeness (QED) is 0.654. The van der Waals surface area contributed by atoms with Crippen molar-refractivity contribution in [1.29, 1.82) is 0 Å². The number of likely N-dealkylation sites (N-methyl/N-ethyl adjacent to an activating group) is 1. The molecule has 1 aliphatic heterocycles. The lowest BCUT2D eigenvalue weighted by Crippen LogP contribution is -2.44. The summed E-state index contributed by atoms with van der Waals surface area (Å²) in [4.78, 5) is 13.5. The summed E-state index contributed by atoms with van der Waals surface area (Å²) in [6.07, 6.45) is 0. The number of fused-ring (bicyclic) bond motifs is 1. The Kier molecular flexibility index (Phi) is 1.77. The number of carbonyl (C=O) groups excluding carboxylic acids is 1. The topological polar surface area (TPSA) is 50.2 Å². The molecule has 1 N–H and O–H groups in total. The number of hydrogen-bond acceptors (Lipinski definition) is 3. The Hall–Kier alpha value is -1.52. The third kappa shape index (κ3) is 1.01. The molecule has 5 heteroatoms. The Balaban J connectivity index is 2.58. The number of carbonyl (C=O) groups is 1. The van der Waals surface area contributed by atoms with Crippen molar-refractivity contribution in [1.82, 2.24) is 9.78 Å². The Morgan fingerprint density at radius 2 is 2.07 bits per heavy atom. The van der Waals surface area contributed by atoms with Gasteiger partial charge in [0.05, 0.1) is 5.69 Å². The molecule has 1 aromatic heterocycles. The second-order valence-corrected chi connectivity index (χ2v) is 3.68. The number of anilines is 2. The van der Waals surface area contributed by atoms with Gasteiger partial charge in [-0.15, -0.1) is 0 Å². The minimum absolute atomic E-state index is 0.0242. The van der Waals surface area contributed by atoms with Gasteiger partial charge in [-0.25, -0.2) is 0 Å². The normalized spacial score (nSPS) is 20.7. The van der Waals surface area contributed by atoms with E-state index in [4.69, 9.17) is 0 Å².